The average molecular weight is 300 g/mol. The number of halogens is 2. The van der Waals surface area contributed by atoms with Gasteiger partial charge in [-0.1, -0.05) is 35.3 Å². The SMILES string of the molecule is O=C1NC[C@@H]2CN(Cc3cccc(Cl)c3Cl)CCN12. The Labute approximate surface area is 122 Å². The van der Waals surface area contributed by atoms with Gasteiger partial charge in [0.25, 0.3) is 0 Å². The Hall–Kier alpha value is -0.970. The van der Waals surface area contributed by atoms with Crippen LogP contribution >= 0.6 is 23.2 Å². The molecule has 2 saturated heterocycles. The van der Waals surface area contributed by atoms with Crippen LogP contribution in [0.5, 0.6) is 0 Å². The number of hydrogen-bond donors (Lipinski definition) is 1. The van der Waals surface area contributed by atoms with Gasteiger partial charge in [0.2, 0.25) is 0 Å². The third-order valence-electron chi connectivity index (χ3n) is 3.74. The summed E-state index contributed by atoms with van der Waals surface area (Å²) >= 11 is 12.2. The predicted molar refractivity (Wildman–Crippen MR) is 75.6 cm³/mol. The Balaban J connectivity index is 1.68. The van der Waals surface area contributed by atoms with Crippen molar-refractivity contribution in [3.8, 4) is 0 Å². The summed E-state index contributed by atoms with van der Waals surface area (Å²) in [7, 11) is 0. The lowest BCUT2D eigenvalue weighted by Crippen LogP contribution is -2.51. The van der Waals surface area contributed by atoms with E-state index in [9.17, 15) is 4.79 Å². The van der Waals surface area contributed by atoms with Crippen LogP contribution in [0.1, 0.15) is 5.56 Å². The number of nitrogens with one attached hydrogen (secondary N) is 1. The standard InChI is InChI=1S/C13H15Cl2N3O/c14-11-3-1-2-9(12(11)15)7-17-4-5-18-10(8-17)6-16-13(18)19/h1-3,10H,4-8H2,(H,16,19)/t10-/m1/s1. The summed E-state index contributed by atoms with van der Waals surface area (Å²) < 4.78 is 0. The number of urea groups is 1. The molecular weight excluding hydrogens is 285 g/mol. The van der Waals surface area contributed by atoms with Gasteiger partial charge in [-0.3, -0.25) is 4.90 Å². The Morgan fingerprint density at radius 2 is 2.16 bits per heavy atom. The van der Waals surface area contributed by atoms with Crippen molar-refractivity contribution in [1.82, 2.24) is 15.1 Å². The molecule has 2 aliphatic rings. The molecule has 0 spiro atoms. The highest BCUT2D eigenvalue weighted by molar-refractivity contribution is 6.42. The number of rotatable bonds is 2. The molecule has 1 atom stereocenters. The van der Waals surface area contributed by atoms with Crippen LogP contribution in [0, 0.1) is 0 Å². The highest BCUT2D eigenvalue weighted by atomic mass is 35.5. The predicted octanol–water partition coefficient (Wildman–Crippen LogP) is 2.20. The van der Waals surface area contributed by atoms with Gasteiger partial charge in [0.05, 0.1) is 16.1 Å². The highest BCUT2D eigenvalue weighted by Crippen LogP contribution is 2.27. The smallest absolute Gasteiger partial charge is 0.317 e. The fourth-order valence-electron chi connectivity index (χ4n) is 2.72. The molecule has 2 fully saturated rings. The van der Waals surface area contributed by atoms with Crippen molar-refractivity contribution >= 4 is 29.2 Å². The van der Waals surface area contributed by atoms with Crippen molar-refractivity contribution < 1.29 is 4.79 Å². The number of amides is 2. The van der Waals surface area contributed by atoms with E-state index in [1.807, 2.05) is 17.0 Å². The van der Waals surface area contributed by atoms with Crippen molar-refractivity contribution in [2.75, 3.05) is 26.2 Å². The van der Waals surface area contributed by atoms with Crippen LogP contribution in [0.2, 0.25) is 10.0 Å². The molecule has 3 rings (SSSR count). The summed E-state index contributed by atoms with van der Waals surface area (Å²) in [4.78, 5) is 15.8. The third kappa shape index (κ3) is 2.53. The number of carbonyl (C=O) groups is 1. The second-order valence-corrected chi connectivity index (χ2v) is 5.77. The van der Waals surface area contributed by atoms with Gasteiger partial charge >= 0.3 is 6.03 Å². The maximum atomic E-state index is 11.5. The van der Waals surface area contributed by atoms with Crippen LogP contribution in [0.15, 0.2) is 18.2 Å². The summed E-state index contributed by atoms with van der Waals surface area (Å²) in [5.41, 5.74) is 1.04. The number of piperazine rings is 1. The maximum Gasteiger partial charge on any atom is 0.317 e. The van der Waals surface area contributed by atoms with Crippen LogP contribution in [0.25, 0.3) is 0 Å². The Bertz CT molecular complexity index is 509. The van der Waals surface area contributed by atoms with E-state index < -0.39 is 0 Å². The summed E-state index contributed by atoms with van der Waals surface area (Å²) in [6.07, 6.45) is 0. The molecule has 2 heterocycles. The van der Waals surface area contributed by atoms with Gasteiger partial charge in [0.1, 0.15) is 0 Å². The van der Waals surface area contributed by atoms with Crippen molar-refractivity contribution in [2.24, 2.45) is 0 Å². The molecule has 0 saturated carbocycles. The summed E-state index contributed by atoms with van der Waals surface area (Å²) in [5, 5.41) is 4.10. The van der Waals surface area contributed by atoms with Crippen molar-refractivity contribution in [1.29, 1.82) is 0 Å². The Morgan fingerprint density at radius 1 is 1.32 bits per heavy atom. The molecule has 102 valence electrons. The highest BCUT2D eigenvalue weighted by Gasteiger charge is 2.35. The molecule has 19 heavy (non-hydrogen) atoms. The van der Waals surface area contributed by atoms with Crippen LogP contribution in [0.3, 0.4) is 0 Å². The zero-order valence-corrected chi connectivity index (χ0v) is 11.9. The molecule has 0 bridgehead atoms. The Kier molecular flexibility index (Phi) is 3.56. The largest absolute Gasteiger partial charge is 0.336 e. The molecule has 6 heteroatoms. The van der Waals surface area contributed by atoms with Gasteiger partial charge in [-0.05, 0) is 11.6 Å². The Morgan fingerprint density at radius 3 is 3.00 bits per heavy atom. The van der Waals surface area contributed by atoms with E-state index >= 15 is 0 Å². The molecule has 2 aliphatic heterocycles. The van der Waals surface area contributed by atoms with E-state index in [-0.39, 0.29) is 12.1 Å². The number of fused-ring (bicyclic) bond motifs is 1. The second kappa shape index (κ2) is 5.19. The topological polar surface area (TPSA) is 35.6 Å². The quantitative estimate of drug-likeness (QED) is 0.909. The lowest BCUT2D eigenvalue weighted by Gasteiger charge is -2.36. The maximum absolute atomic E-state index is 11.5. The zero-order chi connectivity index (χ0) is 13.4. The minimum Gasteiger partial charge on any atom is -0.336 e. The van der Waals surface area contributed by atoms with E-state index in [1.54, 1.807) is 6.07 Å². The number of carbonyl (C=O) groups excluding carboxylic acids is 1. The first-order valence-corrected chi connectivity index (χ1v) is 7.10. The van der Waals surface area contributed by atoms with Crippen molar-refractivity contribution in [3.05, 3.63) is 33.8 Å². The third-order valence-corrected chi connectivity index (χ3v) is 4.60. The van der Waals surface area contributed by atoms with Gasteiger partial charge < -0.3 is 10.2 Å². The molecule has 1 aromatic carbocycles. The van der Waals surface area contributed by atoms with E-state index in [1.165, 1.54) is 0 Å². The number of benzene rings is 1. The number of hydrogen-bond acceptors (Lipinski definition) is 2. The van der Waals surface area contributed by atoms with Crippen LogP contribution in [-0.2, 0) is 6.54 Å². The summed E-state index contributed by atoms with van der Waals surface area (Å²) in [6.45, 7) is 4.03. The second-order valence-electron chi connectivity index (χ2n) is 4.98. The zero-order valence-electron chi connectivity index (χ0n) is 10.4. The normalized spacial score (nSPS) is 23.4. The molecule has 0 aliphatic carbocycles. The summed E-state index contributed by atoms with van der Waals surface area (Å²) in [5.74, 6) is 0. The molecule has 0 aromatic heterocycles. The van der Waals surface area contributed by atoms with E-state index in [0.717, 1.165) is 38.3 Å². The van der Waals surface area contributed by atoms with Crippen LogP contribution < -0.4 is 5.32 Å². The summed E-state index contributed by atoms with van der Waals surface area (Å²) in [6, 6.07) is 6.05. The monoisotopic (exact) mass is 299 g/mol. The minimum absolute atomic E-state index is 0.0606. The van der Waals surface area contributed by atoms with E-state index in [4.69, 9.17) is 23.2 Å². The van der Waals surface area contributed by atoms with Crippen molar-refractivity contribution in [3.63, 3.8) is 0 Å². The van der Waals surface area contributed by atoms with Gasteiger partial charge in [0, 0.05) is 32.7 Å². The molecule has 2 amide bonds. The van der Waals surface area contributed by atoms with Gasteiger partial charge in [-0.15, -0.1) is 0 Å². The molecule has 0 unspecified atom stereocenters. The van der Waals surface area contributed by atoms with Crippen LogP contribution in [0.4, 0.5) is 4.79 Å². The van der Waals surface area contributed by atoms with Gasteiger partial charge in [0.15, 0.2) is 0 Å². The molecule has 1 aromatic rings. The average Bonchev–Trinajstić information content (AvgIpc) is 2.76. The molecule has 1 N–H and O–H groups in total. The minimum atomic E-state index is 0.0606. The lowest BCUT2D eigenvalue weighted by atomic mass is 10.1. The van der Waals surface area contributed by atoms with Crippen molar-refractivity contribution in [2.45, 2.75) is 12.6 Å². The fraction of sp³-hybridized carbons (Fsp3) is 0.462. The molecule has 4 nitrogen and oxygen atoms in total. The van der Waals surface area contributed by atoms with Gasteiger partial charge in [-0.2, -0.15) is 0 Å². The first kappa shape index (κ1) is 13.0. The fourth-order valence-corrected chi connectivity index (χ4v) is 3.10. The van der Waals surface area contributed by atoms with Gasteiger partial charge in [-0.25, -0.2) is 4.79 Å². The number of nitrogens with zero attached hydrogens (tertiary/aromatic N) is 2. The van der Waals surface area contributed by atoms with E-state index in [0.29, 0.717) is 10.0 Å². The molecule has 0 radical (unpaired) electrons. The lowest BCUT2D eigenvalue weighted by molar-refractivity contribution is 0.116. The van der Waals surface area contributed by atoms with Crippen LogP contribution in [-0.4, -0.2) is 48.1 Å². The first-order chi connectivity index (χ1) is 9.15. The molecular formula is C13H15Cl2N3O. The van der Waals surface area contributed by atoms with E-state index in [2.05, 4.69) is 10.2 Å². The first-order valence-electron chi connectivity index (χ1n) is 6.35.